The van der Waals surface area contributed by atoms with Crippen molar-refractivity contribution < 1.29 is 19.0 Å². The number of rotatable bonds is 4. The minimum Gasteiger partial charge on any atom is -0.469 e. The van der Waals surface area contributed by atoms with Crippen LogP contribution in [0.3, 0.4) is 0 Å². The van der Waals surface area contributed by atoms with Crippen molar-refractivity contribution in [1.29, 1.82) is 0 Å². The number of methoxy groups -OCH3 is 1. The lowest BCUT2D eigenvalue weighted by Gasteiger charge is -2.26. The third kappa shape index (κ3) is 3.60. The normalized spacial score (nSPS) is 37.3. The van der Waals surface area contributed by atoms with Crippen LogP contribution in [-0.2, 0) is 19.0 Å². The Hall–Kier alpha value is -0.260. The van der Waals surface area contributed by atoms with E-state index in [0.717, 1.165) is 6.42 Å². The highest BCUT2D eigenvalue weighted by Gasteiger charge is 2.40. The second-order valence-electron chi connectivity index (χ2n) is 4.90. The maximum absolute atomic E-state index is 11.2. The number of esters is 1. The van der Waals surface area contributed by atoms with Crippen LogP contribution in [-0.4, -0.2) is 43.1 Å². The molecule has 2 fully saturated rings. The molecular weight excluding hydrogens is 240 g/mol. The summed E-state index contributed by atoms with van der Waals surface area (Å²) in [6.45, 7) is 2.47. The molecule has 2 rings (SSSR count). The van der Waals surface area contributed by atoms with Gasteiger partial charge >= 0.3 is 5.97 Å². The molecule has 5 heteroatoms. The molecule has 98 valence electrons. The minimum absolute atomic E-state index is 0.151. The Bertz CT molecular complexity index is 278. The molecule has 0 N–H and O–H groups in total. The van der Waals surface area contributed by atoms with E-state index >= 15 is 0 Å². The molecule has 0 amide bonds. The minimum atomic E-state index is -0.506. The summed E-state index contributed by atoms with van der Waals surface area (Å²) < 4.78 is 16.2. The standard InChI is InChI=1S/C12H20O4S/c1-12(6-9-3-4-17-8-9)15-7-10(16-12)5-11(13)14-2/h9-10H,3-8H2,1-2H3. The fourth-order valence-corrected chi connectivity index (χ4v) is 3.72. The molecule has 0 bridgehead atoms. The van der Waals surface area contributed by atoms with Crippen molar-refractivity contribution in [1.82, 2.24) is 0 Å². The van der Waals surface area contributed by atoms with E-state index < -0.39 is 5.79 Å². The molecule has 0 aromatic rings. The molecule has 0 aliphatic carbocycles. The Morgan fingerprint density at radius 2 is 2.41 bits per heavy atom. The van der Waals surface area contributed by atoms with Crippen LogP contribution in [0.4, 0.5) is 0 Å². The SMILES string of the molecule is COC(=O)CC1COC(C)(CC2CCSC2)O1. The van der Waals surface area contributed by atoms with Gasteiger partial charge in [-0.2, -0.15) is 11.8 Å². The van der Waals surface area contributed by atoms with Gasteiger partial charge in [-0.05, 0) is 30.8 Å². The maximum atomic E-state index is 11.2. The molecule has 0 radical (unpaired) electrons. The Morgan fingerprint density at radius 1 is 1.59 bits per heavy atom. The molecule has 2 aliphatic heterocycles. The first-order chi connectivity index (χ1) is 8.11. The Morgan fingerprint density at radius 3 is 3.06 bits per heavy atom. The molecule has 0 aromatic carbocycles. The molecule has 3 atom stereocenters. The summed E-state index contributed by atoms with van der Waals surface area (Å²) in [7, 11) is 1.40. The highest BCUT2D eigenvalue weighted by molar-refractivity contribution is 7.99. The lowest BCUT2D eigenvalue weighted by molar-refractivity contribution is -0.168. The van der Waals surface area contributed by atoms with Gasteiger partial charge in [-0.25, -0.2) is 0 Å². The van der Waals surface area contributed by atoms with Crippen molar-refractivity contribution in [2.24, 2.45) is 5.92 Å². The molecule has 2 heterocycles. The van der Waals surface area contributed by atoms with Gasteiger partial charge in [0.2, 0.25) is 0 Å². The Labute approximate surface area is 106 Å². The van der Waals surface area contributed by atoms with Crippen molar-refractivity contribution in [2.45, 2.75) is 38.1 Å². The number of thioether (sulfide) groups is 1. The van der Waals surface area contributed by atoms with Gasteiger partial charge in [0.1, 0.15) is 0 Å². The quantitative estimate of drug-likeness (QED) is 0.722. The number of hydrogen-bond acceptors (Lipinski definition) is 5. The number of carbonyl (C=O) groups is 1. The third-order valence-electron chi connectivity index (χ3n) is 3.30. The van der Waals surface area contributed by atoms with Gasteiger partial charge in [0.05, 0.1) is 26.2 Å². The average Bonchev–Trinajstić information content (AvgIpc) is 2.89. The summed E-state index contributed by atoms with van der Waals surface area (Å²) >= 11 is 1.99. The van der Waals surface area contributed by atoms with E-state index in [9.17, 15) is 4.79 Å². The van der Waals surface area contributed by atoms with Crippen LogP contribution in [0.5, 0.6) is 0 Å². The molecule has 4 nitrogen and oxygen atoms in total. The first-order valence-corrected chi connectivity index (χ1v) is 7.23. The van der Waals surface area contributed by atoms with E-state index in [0.29, 0.717) is 12.5 Å². The second kappa shape index (κ2) is 5.59. The highest BCUT2D eigenvalue weighted by Crippen LogP contribution is 2.36. The Kier molecular flexibility index (Phi) is 4.33. The van der Waals surface area contributed by atoms with Crippen LogP contribution in [0.15, 0.2) is 0 Å². The first kappa shape index (κ1) is 13.2. The highest BCUT2D eigenvalue weighted by atomic mass is 32.2. The zero-order valence-electron chi connectivity index (χ0n) is 10.4. The van der Waals surface area contributed by atoms with Gasteiger partial charge in [0, 0.05) is 6.42 Å². The third-order valence-corrected chi connectivity index (χ3v) is 4.53. The number of ether oxygens (including phenoxy) is 3. The van der Waals surface area contributed by atoms with Gasteiger partial charge in [0.25, 0.3) is 0 Å². The summed E-state index contributed by atoms with van der Waals surface area (Å²) in [4.78, 5) is 11.2. The van der Waals surface area contributed by atoms with E-state index in [1.165, 1.54) is 25.0 Å². The lowest BCUT2D eigenvalue weighted by Crippen LogP contribution is -2.30. The Balaban J connectivity index is 1.80. The van der Waals surface area contributed by atoms with Gasteiger partial charge in [-0.15, -0.1) is 0 Å². The molecule has 17 heavy (non-hydrogen) atoms. The van der Waals surface area contributed by atoms with E-state index in [-0.39, 0.29) is 18.5 Å². The van der Waals surface area contributed by atoms with Crippen molar-refractivity contribution in [3.63, 3.8) is 0 Å². The zero-order valence-corrected chi connectivity index (χ0v) is 11.3. The van der Waals surface area contributed by atoms with Crippen molar-refractivity contribution in [2.75, 3.05) is 25.2 Å². The molecule has 2 aliphatic rings. The van der Waals surface area contributed by atoms with Gasteiger partial charge in [0.15, 0.2) is 5.79 Å². The maximum Gasteiger partial charge on any atom is 0.308 e. The largest absolute Gasteiger partial charge is 0.469 e. The number of hydrogen-bond donors (Lipinski definition) is 0. The smallest absolute Gasteiger partial charge is 0.308 e. The van der Waals surface area contributed by atoms with Crippen LogP contribution in [0.1, 0.15) is 26.2 Å². The van der Waals surface area contributed by atoms with E-state index in [4.69, 9.17) is 9.47 Å². The van der Waals surface area contributed by atoms with Crippen LogP contribution in [0.2, 0.25) is 0 Å². The van der Waals surface area contributed by atoms with E-state index in [1.807, 2.05) is 18.7 Å². The summed E-state index contributed by atoms with van der Waals surface area (Å²) in [5, 5.41) is 0. The van der Waals surface area contributed by atoms with Gasteiger partial charge in [-0.3, -0.25) is 4.79 Å². The lowest BCUT2D eigenvalue weighted by atomic mass is 9.99. The predicted molar refractivity (Wildman–Crippen MR) is 65.9 cm³/mol. The zero-order chi connectivity index (χ0) is 12.3. The van der Waals surface area contributed by atoms with Crippen molar-refractivity contribution >= 4 is 17.7 Å². The fourth-order valence-electron chi connectivity index (χ4n) is 2.44. The van der Waals surface area contributed by atoms with Gasteiger partial charge in [-0.1, -0.05) is 0 Å². The first-order valence-electron chi connectivity index (χ1n) is 6.07. The molecule has 3 unspecified atom stereocenters. The van der Waals surface area contributed by atoms with Crippen LogP contribution in [0, 0.1) is 5.92 Å². The molecule has 2 saturated heterocycles. The molecular formula is C12H20O4S. The van der Waals surface area contributed by atoms with Crippen molar-refractivity contribution in [3.8, 4) is 0 Å². The van der Waals surface area contributed by atoms with E-state index in [1.54, 1.807) is 0 Å². The fraction of sp³-hybridized carbons (Fsp3) is 0.917. The average molecular weight is 260 g/mol. The molecule has 0 aromatic heterocycles. The monoisotopic (exact) mass is 260 g/mol. The van der Waals surface area contributed by atoms with Gasteiger partial charge < -0.3 is 14.2 Å². The summed E-state index contributed by atoms with van der Waals surface area (Å²) in [5.74, 6) is 2.38. The van der Waals surface area contributed by atoms with Crippen molar-refractivity contribution in [3.05, 3.63) is 0 Å². The summed E-state index contributed by atoms with van der Waals surface area (Å²) in [6.07, 6.45) is 2.30. The second-order valence-corrected chi connectivity index (χ2v) is 6.05. The molecule has 0 saturated carbocycles. The predicted octanol–water partition coefficient (Wildman–Crippen LogP) is 1.82. The van der Waals surface area contributed by atoms with Crippen LogP contribution >= 0.6 is 11.8 Å². The number of carbonyl (C=O) groups excluding carboxylic acids is 1. The summed E-state index contributed by atoms with van der Waals surface area (Å²) in [6, 6.07) is 0. The van der Waals surface area contributed by atoms with Crippen LogP contribution < -0.4 is 0 Å². The molecule has 0 spiro atoms. The van der Waals surface area contributed by atoms with E-state index in [2.05, 4.69) is 4.74 Å². The van der Waals surface area contributed by atoms with Crippen LogP contribution in [0.25, 0.3) is 0 Å². The summed E-state index contributed by atoms with van der Waals surface area (Å²) in [5.41, 5.74) is 0. The topological polar surface area (TPSA) is 44.8 Å².